The maximum atomic E-state index is 11.3. The van der Waals surface area contributed by atoms with Crippen molar-refractivity contribution < 1.29 is 14.3 Å². The summed E-state index contributed by atoms with van der Waals surface area (Å²) in [7, 11) is 3.04. The highest BCUT2D eigenvalue weighted by Crippen LogP contribution is 2.18. The van der Waals surface area contributed by atoms with Crippen LogP contribution in [0.1, 0.15) is 20.8 Å². The summed E-state index contributed by atoms with van der Waals surface area (Å²) >= 11 is 0. The Morgan fingerprint density at radius 1 is 1.50 bits per heavy atom. The van der Waals surface area contributed by atoms with Crippen LogP contribution < -0.4 is 0 Å². The number of aldehydes is 1. The van der Waals surface area contributed by atoms with Crippen LogP contribution >= 0.6 is 0 Å². The fourth-order valence-corrected chi connectivity index (χ4v) is 1.62. The van der Waals surface area contributed by atoms with E-state index in [9.17, 15) is 9.59 Å². The number of fused-ring (bicyclic) bond motifs is 1. The van der Waals surface area contributed by atoms with E-state index in [0.29, 0.717) is 17.5 Å². The molecule has 0 radical (unpaired) electrons. The first-order chi connectivity index (χ1) is 7.67. The van der Waals surface area contributed by atoms with Crippen LogP contribution in [-0.4, -0.2) is 29.1 Å². The third-order valence-corrected chi connectivity index (χ3v) is 2.41. The Morgan fingerprint density at radius 3 is 2.88 bits per heavy atom. The number of methoxy groups -OCH3 is 1. The summed E-state index contributed by atoms with van der Waals surface area (Å²) in [5, 5.41) is 4.76. The fourth-order valence-electron chi connectivity index (χ4n) is 1.62. The highest BCUT2D eigenvalue weighted by Gasteiger charge is 2.11. The number of rotatable bonds is 2. The summed E-state index contributed by atoms with van der Waals surface area (Å²) in [5.41, 5.74) is 1.54. The highest BCUT2D eigenvalue weighted by molar-refractivity contribution is 5.99. The number of hydrogen-bond acceptors (Lipinski definition) is 4. The standard InChI is InChI=1S/C11H10N2O3/c1-13-10-5-7(11(15)16-2)3-4-8(10)9(6-14)12-13/h3-6H,1-2H3. The van der Waals surface area contributed by atoms with E-state index in [1.165, 1.54) is 7.11 Å². The van der Waals surface area contributed by atoms with E-state index in [4.69, 9.17) is 0 Å². The molecule has 0 N–H and O–H groups in total. The van der Waals surface area contributed by atoms with Crippen molar-refractivity contribution in [3.8, 4) is 0 Å². The van der Waals surface area contributed by atoms with Gasteiger partial charge in [0.15, 0.2) is 6.29 Å². The first-order valence-corrected chi connectivity index (χ1v) is 4.67. The topological polar surface area (TPSA) is 61.2 Å². The largest absolute Gasteiger partial charge is 0.465 e. The lowest BCUT2D eigenvalue weighted by molar-refractivity contribution is 0.0601. The van der Waals surface area contributed by atoms with Gasteiger partial charge in [-0.15, -0.1) is 0 Å². The van der Waals surface area contributed by atoms with E-state index in [1.54, 1.807) is 29.9 Å². The van der Waals surface area contributed by atoms with Gasteiger partial charge in [-0.3, -0.25) is 9.48 Å². The van der Waals surface area contributed by atoms with Gasteiger partial charge < -0.3 is 4.74 Å². The Balaban J connectivity index is 2.67. The van der Waals surface area contributed by atoms with Gasteiger partial charge in [-0.2, -0.15) is 5.10 Å². The summed E-state index contributed by atoms with van der Waals surface area (Å²) in [5.74, 6) is -0.407. The molecule has 0 bridgehead atoms. The first kappa shape index (κ1) is 10.4. The van der Waals surface area contributed by atoms with Crippen molar-refractivity contribution in [2.24, 2.45) is 7.05 Å². The number of benzene rings is 1. The lowest BCUT2D eigenvalue weighted by Crippen LogP contribution is -2.01. The Kier molecular flexibility index (Phi) is 2.44. The zero-order chi connectivity index (χ0) is 11.7. The van der Waals surface area contributed by atoms with Crippen LogP contribution in [0.4, 0.5) is 0 Å². The van der Waals surface area contributed by atoms with E-state index >= 15 is 0 Å². The number of esters is 1. The SMILES string of the molecule is COC(=O)c1ccc2c(C=O)nn(C)c2c1. The van der Waals surface area contributed by atoms with Gasteiger partial charge in [0.05, 0.1) is 18.2 Å². The second-order valence-electron chi connectivity index (χ2n) is 3.35. The molecule has 5 nitrogen and oxygen atoms in total. The van der Waals surface area contributed by atoms with Crippen molar-refractivity contribution in [3.05, 3.63) is 29.5 Å². The molecular formula is C11H10N2O3. The van der Waals surface area contributed by atoms with Gasteiger partial charge in [0.1, 0.15) is 5.69 Å². The molecular weight excluding hydrogens is 208 g/mol. The molecule has 0 aliphatic heterocycles. The monoisotopic (exact) mass is 218 g/mol. The maximum Gasteiger partial charge on any atom is 0.337 e. The van der Waals surface area contributed by atoms with Gasteiger partial charge in [-0.05, 0) is 18.2 Å². The molecule has 1 aromatic heterocycles. The van der Waals surface area contributed by atoms with E-state index in [0.717, 1.165) is 10.9 Å². The van der Waals surface area contributed by atoms with Crippen LogP contribution in [0.2, 0.25) is 0 Å². The third kappa shape index (κ3) is 1.46. The average molecular weight is 218 g/mol. The van der Waals surface area contributed by atoms with Crippen LogP contribution in [-0.2, 0) is 11.8 Å². The van der Waals surface area contributed by atoms with Gasteiger partial charge in [-0.1, -0.05) is 0 Å². The number of nitrogens with zero attached hydrogens (tertiary/aromatic N) is 2. The number of aryl methyl sites for hydroxylation is 1. The van der Waals surface area contributed by atoms with Crippen molar-refractivity contribution in [2.45, 2.75) is 0 Å². The average Bonchev–Trinajstić information content (AvgIpc) is 2.64. The molecule has 1 aromatic carbocycles. The third-order valence-electron chi connectivity index (χ3n) is 2.41. The molecule has 2 aromatic rings. The van der Waals surface area contributed by atoms with Gasteiger partial charge >= 0.3 is 5.97 Å². The zero-order valence-corrected chi connectivity index (χ0v) is 8.93. The van der Waals surface area contributed by atoms with Crippen LogP contribution in [0.25, 0.3) is 10.9 Å². The summed E-state index contributed by atoms with van der Waals surface area (Å²) < 4.78 is 6.18. The minimum atomic E-state index is -0.407. The molecule has 16 heavy (non-hydrogen) atoms. The number of hydrogen-bond donors (Lipinski definition) is 0. The Hall–Kier alpha value is -2.17. The first-order valence-electron chi connectivity index (χ1n) is 4.67. The second-order valence-corrected chi connectivity index (χ2v) is 3.35. The van der Waals surface area contributed by atoms with E-state index in [1.807, 2.05) is 0 Å². The normalized spacial score (nSPS) is 10.4. The van der Waals surface area contributed by atoms with Gasteiger partial charge in [-0.25, -0.2) is 4.79 Å². The van der Waals surface area contributed by atoms with Crippen molar-refractivity contribution in [3.63, 3.8) is 0 Å². The van der Waals surface area contributed by atoms with Crippen LogP contribution in [0, 0.1) is 0 Å². The lowest BCUT2D eigenvalue weighted by Gasteiger charge is -1.99. The van der Waals surface area contributed by atoms with Crippen LogP contribution in [0.5, 0.6) is 0 Å². The summed E-state index contributed by atoms with van der Waals surface area (Å²) in [6.07, 6.45) is 0.695. The molecule has 0 aliphatic carbocycles. The van der Waals surface area contributed by atoms with Crippen molar-refractivity contribution in [1.82, 2.24) is 9.78 Å². The Morgan fingerprint density at radius 2 is 2.25 bits per heavy atom. The quantitative estimate of drug-likeness (QED) is 0.560. The maximum absolute atomic E-state index is 11.3. The summed E-state index contributed by atoms with van der Waals surface area (Å²) in [6, 6.07) is 4.96. The smallest absolute Gasteiger partial charge is 0.337 e. The molecule has 0 fully saturated rings. The van der Waals surface area contributed by atoms with E-state index in [-0.39, 0.29) is 0 Å². The molecule has 0 spiro atoms. The molecule has 0 aliphatic rings. The van der Waals surface area contributed by atoms with Crippen molar-refractivity contribution in [2.75, 3.05) is 7.11 Å². The lowest BCUT2D eigenvalue weighted by atomic mass is 10.1. The van der Waals surface area contributed by atoms with Gasteiger partial charge in [0, 0.05) is 12.4 Å². The molecule has 0 unspecified atom stereocenters. The minimum absolute atomic E-state index is 0.369. The molecule has 5 heteroatoms. The molecule has 1 heterocycles. The predicted molar refractivity (Wildman–Crippen MR) is 57.4 cm³/mol. The van der Waals surface area contributed by atoms with E-state index in [2.05, 4.69) is 9.84 Å². The zero-order valence-electron chi connectivity index (χ0n) is 8.93. The molecule has 0 amide bonds. The van der Waals surface area contributed by atoms with Gasteiger partial charge in [0.25, 0.3) is 0 Å². The van der Waals surface area contributed by atoms with Gasteiger partial charge in [0.2, 0.25) is 0 Å². The second kappa shape index (κ2) is 3.77. The molecule has 2 rings (SSSR count). The van der Waals surface area contributed by atoms with Crippen molar-refractivity contribution >= 4 is 23.2 Å². The van der Waals surface area contributed by atoms with E-state index < -0.39 is 5.97 Å². The van der Waals surface area contributed by atoms with Crippen LogP contribution in [0.3, 0.4) is 0 Å². The number of carbonyl (C=O) groups excluding carboxylic acids is 2. The fraction of sp³-hybridized carbons (Fsp3) is 0.182. The number of aromatic nitrogens is 2. The van der Waals surface area contributed by atoms with Crippen LogP contribution in [0.15, 0.2) is 18.2 Å². The van der Waals surface area contributed by atoms with Crippen molar-refractivity contribution in [1.29, 1.82) is 0 Å². The molecule has 0 atom stereocenters. The summed E-state index contributed by atoms with van der Waals surface area (Å²) in [6.45, 7) is 0. The molecule has 82 valence electrons. The highest BCUT2D eigenvalue weighted by atomic mass is 16.5. The molecule has 0 saturated heterocycles. The predicted octanol–water partition coefficient (Wildman–Crippen LogP) is 1.17. The Labute approximate surface area is 91.6 Å². The minimum Gasteiger partial charge on any atom is -0.465 e. The number of ether oxygens (including phenoxy) is 1. The number of carbonyl (C=O) groups is 2. The molecule has 0 saturated carbocycles. The Bertz CT molecular complexity index is 572. The summed E-state index contributed by atoms with van der Waals surface area (Å²) in [4.78, 5) is 22.1.